The number of benzene rings is 1. The molecule has 0 aromatic heterocycles. The summed E-state index contributed by atoms with van der Waals surface area (Å²) in [6.45, 7) is 6.02. The zero-order valence-corrected chi connectivity index (χ0v) is 15.3. The molecular formula is C17H25N4O5+. The molecule has 0 radical (unpaired) electrons. The average Bonchev–Trinajstić information content (AvgIpc) is 2.58. The number of rotatable bonds is 6. The highest BCUT2D eigenvalue weighted by Gasteiger charge is 2.23. The number of nitro benzene ring substituents is 1. The number of ether oxygens (including phenoxy) is 1. The standard InChI is InChI=1S/C17H24N4O5/c1-12-8-14(15(21(24)25)9-13(12)2)18-16(22)10-19(3)11-17(23)20-4-6-26-7-5-20/h8-9H,4-7,10-11H2,1-3H3,(H,18,22)/p+1. The molecule has 1 aromatic rings. The minimum atomic E-state index is -0.513. The molecule has 1 aromatic carbocycles. The largest absolute Gasteiger partial charge is 0.378 e. The number of carbonyl (C=O) groups is 2. The van der Waals surface area contributed by atoms with Crippen LogP contribution in [0.15, 0.2) is 12.1 Å². The summed E-state index contributed by atoms with van der Waals surface area (Å²) in [7, 11) is 1.74. The molecule has 1 aliphatic rings. The minimum absolute atomic E-state index is 0.0317. The summed E-state index contributed by atoms with van der Waals surface area (Å²) in [6.07, 6.45) is 0. The van der Waals surface area contributed by atoms with Gasteiger partial charge in [-0.25, -0.2) is 0 Å². The summed E-state index contributed by atoms with van der Waals surface area (Å²) in [5.74, 6) is -0.403. The summed E-state index contributed by atoms with van der Waals surface area (Å²) in [5, 5.41) is 13.8. The van der Waals surface area contributed by atoms with Crippen molar-refractivity contribution in [1.29, 1.82) is 0 Å². The fraction of sp³-hybridized carbons (Fsp3) is 0.529. The molecule has 9 heteroatoms. The van der Waals surface area contributed by atoms with Crippen LogP contribution < -0.4 is 10.2 Å². The number of anilines is 1. The van der Waals surface area contributed by atoms with E-state index in [9.17, 15) is 19.7 Å². The third-order valence-corrected chi connectivity index (χ3v) is 4.36. The number of nitro groups is 1. The van der Waals surface area contributed by atoms with Crippen LogP contribution in [0.25, 0.3) is 0 Å². The zero-order chi connectivity index (χ0) is 19.3. The molecule has 1 unspecified atom stereocenters. The summed E-state index contributed by atoms with van der Waals surface area (Å²) >= 11 is 0. The third-order valence-electron chi connectivity index (χ3n) is 4.36. The number of nitrogens with one attached hydrogen (secondary N) is 2. The molecular weight excluding hydrogens is 340 g/mol. The first kappa shape index (κ1) is 19.8. The Labute approximate surface area is 152 Å². The molecule has 0 spiro atoms. The summed E-state index contributed by atoms with van der Waals surface area (Å²) in [5.41, 5.74) is 1.68. The second-order valence-electron chi connectivity index (χ2n) is 6.56. The number of hydrogen-bond acceptors (Lipinski definition) is 5. The van der Waals surface area contributed by atoms with Crippen molar-refractivity contribution in [3.8, 4) is 0 Å². The Morgan fingerprint density at radius 1 is 1.23 bits per heavy atom. The molecule has 0 aliphatic carbocycles. The van der Waals surface area contributed by atoms with Gasteiger partial charge < -0.3 is 19.9 Å². The number of morpholine rings is 1. The monoisotopic (exact) mass is 365 g/mol. The quantitative estimate of drug-likeness (QED) is 0.523. The molecule has 9 nitrogen and oxygen atoms in total. The molecule has 2 rings (SSSR count). The Hall–Kier alpha value is -2.52. The highest BCUT2D eigenvalue weighted by molar-refractivity contribution is 5.94. The van der Waals surface area contributed by atoms with Crippen LogP contribution >= 0.6 is 0 Å². The van der Waals surface area contributed by atoms with E-state index in [1.807, 2.05) is 6.92 Å². The van der Waals surface area contributed by atoms with Crippen molar-refractivity contribution < 1.29 is 24.1 Å². The van der Waals surface area contributed by atoms with E-state index >= 15 is 0 Å². The van der Waals surface area contributed by atoms with E-state index in [2.05, 4.69) is 5.32 Å². The number of aryl methyl sites for hydroxylation is 2. The van der Waals surface area contributed by atoms with E-state index in [1.54, 1.807) is 24.9 Å². The van der Waals surface area contributed by atoms with Crippen LogP contribution in [0, 0.1) is 24.0 Å². The van der Waals surface area contributed by atoms with E-state index < -0.39 is 4.92 Å². The number of nitrogens with zero attached hydrogens (tertiary/aromatic N) is 2. The number of quaternary nitrogens is 1. The van der Waals surface area contributed by atoms with Crippen LogP contribution in [0.5, 0.6) is 0 Å². The molecule has 2 N–H and O–H groups in total. The first-order chi connectivity index (χ1) is 12.3. The van der Waals surface area contributed by atoms with Crippen molar-refractivity contribution in [2.45, 2.75) is 13.8 Å². The van der Waals surface area contributed by atoms with Gasteiger partial charge in [-0.3, -0.25) is 19.7 Å². The molecule has 1 fully saturated rings. The molecule has 1 aliphatic heterocycles. The van der Waals surface area contributed by atoms with Crippen LogP contribution in [0.1, 0.15) is 11.1 Å². The lowest BCUT2D eigenvalue weighted by Gasteiger charge is -2.27. The van der Waals surface area contributed by atoms with Gasteiger partial charge in [-0.1, -0.05) is 0 Å². The maximum Gasteiger partial charge on any atom is 0.293 e. The van der Waals surface area contributed by atoms with E-state index in [-0.39, 0.29) is 36.3 Å². The van der Waals surface area contributed by atoms with Gasteiger partial charge in [0.05, 0.1) is 25.2 Å². The van der Waals surface area contributed by atoms with Gasteiger partial charge >= 0.3 is 0 Å². The van der Waals surface area contributed by atoms with E-state index in [4.69, 9.17) is 4.74 Å². The van der Waals surface area contributed by atoms with Gasteiger partial charge in [0.15, 0.2) is 13.1 Å². The van der Waals surface area contributed by atoms with Gasteiger partial charge in [-0.15, -0.1) is 0 Å². The van der Waals surface area contributed by atoms with Gasteiger partial charge in [0.2, 0.25) is 0 Å². The van der Waals surface area contributed by atoms with Gasteiger partial charge in [-0.2, -0.15) is 0 Å². The Morgan fingerprint density at radius 3 is 2.46 bits per heavy atom. The van der Waals surface area contributed by atoms with Crippen LogP contribution in [-0.2, 0) is 14.3 Å². The Bertz CT molecular complexity index is 701. The topological polar surface area (TPSA) is 106 Å². The highest BCUT2D eigenvalue weighted by Crippen LogP contribution is 2.27. The number of likely N-dealkylation sites (N-methyl/N-ethyl adjacent to an activating group) is 1. The molecule has 1 saturated heterocycles. The smallest absolute Gasteiger partial charge is 0.293 e. The first-order valence-corrected chi connectivity index (χ1v) is 8.50. The number of amides is 2. The normalized spacial score (nSPS) is 15.4. The lowest BCUT2D eigenvalue weighted by atomic mass is 10.1. The fourth-order valence-electron chi connectivity index (χ4n) is 2.77. The summed E-state index contributed by atoms with van der Waals surface area (Å²) in [6, 6.07) is 3.04. The molecule has 1 atom stereocenters. The van der Waals surface area contributed by atoms with E-state index in [0.717, 1.165) is 11.1 Å². The van der Waals surface area contributed by atoms with Gasteiger partial charge in [0.25, 0.3) is 17.5 Å². The van der Waals surface area contributed by atoms with Gasteiger partial charge in [0, 0.05) is 19.2 Å². The average molecular weight is 365 g/mol. The Kier molecular flexibility index (Phi) is 6.64. The lowest BCUT2D eigenvalue weighted by molar-refractivity contribution is -0.862. The van der Waals surface area contributed by atoms with Crippen molar-refractivity contribution >= 4 is 23.2 Å². The van der Waals surface area contributed by atoms with Crippen LogP contribution in [0.2, 0.25) is 0 Å². The SMILES string of the molecule is Cc1cc(NC(=O)C[NH+](C)CC(=O)N2CCOCC2)c([N+](=O)[O-])cc1C. The number of hydrogen-bond donors (Lipinski definition) is 2. The second-order valence-corrected chi connectivity index (χ2v) is 6.56. The molecule has 0 saturated carbocycles. The summed E-state index contributed by atoms with van der Waals surface area (Å²) < 4.78 is 5.21. The third kappa shape index (κ3) is 5.24. The Morgan fingerprint density at radius 2 is 1.85 bits per heavy atom. The fourth-order valence-corrected chi connectivity index (χ4v) is 2.77. The van der Waals surface area contributed by atoms with Crippen molar-refractivity contribution in [3.05, 3.63) is 33.4 Å². The van der Waals surface area contributed by atoms with Crippen molar-refractivity contribution in [1.82, 2.24) is 4.90 Å². The van der Waals surface area contributed by atoms with Crippen molar-refractivity contribution in [2.75, 3.05) is 51.8 Å². The highest BCUT2D eigenvalue weighted by atomic mass is 16.6. The minimum Gasteiger partial charge on any atom is -0.378 e. The number of carbonyl (C=O) groups excluding carboxylic acids is 2. The molecule has 0 bridgehead atoms. The second kappa shape index (κ2) is 8.72. The molecule has 26 heavy (non-hydrogen) atoms. The van der Waals surface area contributed by atoms with Crippen LogP contribution in [-0.4, -0.2) is 68.1 Å². The van der Waals surface area contributed by atoms with Crippen LogP contribution in [0.4, 0.5) is 11.4 Å². The lowest BCUT2D eigenvalue weighted by Crippen LogP contribution is -3.11. The maximum atomic E-state index is 12.3. The van der Waals surface area contributed by atoms with E-state index in [0.29, 0.717) is 31.2 Å². The van der Waals surface area contributed by atoms with Crippen LogP contribution in [0.3, 0.4) is 0 Å². The zero-order valence-electron chi connectivity index (χ0n) is 15.3. The predicted octanol–water partition coefficient (Wildman–Crippen LogP) is -0.476. The van der Waals surface area contributed by atoms with Crippen molar-refractivity contribution in [3.63, 3.8) is 0 Å². The Balaban J connectivity index is 1.94. The molecule has 2 amide bonds. The van der Waals surface area contributed by atoms with Gasteiger partial charge in [-0.05, 0) is 31.0 Å². The van der Waals surface area contributed by atoms with Gasteiger partial charge in [0.1, 0.15) is 5.69 Å². The molecule has 1 heterocycles. The maximum absolute atomic E-state index is 12.3. The van der Waals surface area contributed by atoms with Crippen molar-refractivity contribution in [2.24, 2.45) is 0 Å². The van der Waals surface area contributed by atoms with E-state index in [1.165, 1.54) is 6.07 Å². The summed E-state index contributed by atoms with van der Waals surface area (Å²) in [4.78, 5) is 37.6. The molecule has 142 valence electrons. The first-order valence-electron chi connectivity index (χ1n) is 8.50. The predicted molar refractivity (Wildman–Crippen MR) is 95.2 cm³/mol.